The first kappa shape index (κ1) is 13.3. The molecule has 21 heavy (non-hydrogen) atoms. The standard InChI is InChI=1S/C18H23NO2/c20-18(21)15-11-13-9-10-17(15)19(13)16-8-4-2-6-12-5-1-3-7-14(12)16/h1,3,5,7,13,15-17H,2,4,6,8-11H2,(H,20,21). The van der Waals surface area contributed by atoms with E-state index >= 15 is 0 Å². The number of carboxylic acid groups (broad SMARTS) is 1. The first-order valence-corrected chi connectivity index (χ1v) is 8.34. The molecule has 2 aliphatic heterocycles. The van der Waals surface area contributed by atoms with Gasteiger partial charge in [-0.25, -0.2) is 0 Å². The van der Waals surface area contributed by atoms with Crippen LogP contribution in [0.1, 0.15) is 55.7 Å². The molecule has 3 aliphatic rings. The third kappa shape index (κ3) is 2.10. The molecule has 112 valence electrons. The molecule has 2 fully saturated rings. The van der Waals surface area contributed by atoms with Crippen LogP contribution < -0.4 is 0 Å². The van der Waals surface area contributed by atoms with Crippen molar-refractivity contribution < 1.29 is 9.90 Å². The van der Waals surface area contributed by atoms with Gasteiger partial charge in [-0.05, 0) is 49.7 Å². The van der Waals surface area contributed by atoms with E-state index < -0.39 is 5.97 Å². The van der Waals surface area contributed by atoms with Crippen LogP contribution in [0.5, 0.6) is 0 Å². The maximum Gasteiger partial charge on any atom is 0.308 e. The van der Waals surface area contributed by atoms with E-state index in [0.717, 1.165) is 12.8 Å². The molecule has 2 heterocycles. The average molecular weight is 285 g/mol. The van der Waals surface area contributed by atoms with Gasteiger partial charge in [-0.1, -0.05) is 30.7 Å². The number of benzene rings is 1. The van der Waals surface area contributed by atoms with E-state index in [4.69, 9.17) is 0 Å². The van der Waals surface area contributed by atoms with Crippen molar-refractivity contribution in [3.8, 4) is 0 Å². The fraction of sp³-hybridized carbons (Fsp3) is 0.611. The number of hydrogen-bond acceptors (Lipinski definition) is 2. The summed E-state index contributed by atoms with van der Waals surface area (Å²) in [6, 6.07) is 10.0. The predicted molar refractivity (Wildman–Crippen MR) is 81.1 cm³/mol. The molecule has 1 aliphatic carbocycles. The van der Waals surface area contributed by atoms with Gasteiger partial charge in [0.2, 0.25) is 0 Å². The van der Waals surface area contributed by atoms with Crippen LogP contribution in [0.4, 0.5) is 0 Å². The summed E-state index contributed by atoms with van der Waals surface area (Å²) in [7, 11) is 0. The molecule has 1 aromatic rings. The number of fused-ring (bicyclic) bond motifs is 3. The minimum absolute atomic E-state index is 0.140. The van der Waals surface area contributed by atoms with Gasteiger partial charge < -0.3 is 5.11 Å². The van der Waals surface area contributed by atoms with Crippen molar-refractivity contribution in [1.29, 1.82) is 0 Å². The third-order valence-electron chi connectivity index (χ3n) is 5.86. The maximum atomic E-state index is 11.5. The van der Waals surface area contributed by atoms with Gasteiger partial charge >= 0.3 is 5.97 Å². The molecule has 0 saturated carbocycles. The minimum atomic E-state index is -0.589. The summed E-state index contributed by atoms with van der Waals surface area (Å²) in [5.74, 6) is -0.728. The average Bonchev–Trinajstić information content (AvgIpc) is 2.98. The maximum absolute atomic E-state index is 11.5. The lowest BCUT2D eigenvalue weighted by atomic mass is 9.89. The summed E-state index contributed by atoms with van der Waals surface area (Å²) < 4.78 is 0. The number of carboxylic acids is 1. The molecular formula is C18H23NO2. The van der Waals surface area contributed by atoms with Crippen LogP contribution in [0.2, 0.25) is 0 Å². The van der Waals surface area contributed by atoms with E-state index in [9.17, 15) is 9.90 Å². The number of nitrogens with zero attached hydrogens (tertiary/aromatic N) is 1. The molecule has 4 unspecified atom stereocenters. The molecule has 0 radical (unpaired) electrons. The lowest BCUT2D eigenvalue weighted by Crippen LogP contribution is -2.36. The molecule has 1 aromatic carbocycles. The molecule has 0 aromatic heterocycles. The highest BCUT2D eigenvalue weighted by Gasteiger charge is 2.51. The van der Waals surface area contributed by atoms with Crippen LogP contribution in [0, 0.1) is 5.92 Å². The Hall–Kier alpha value is -1.35. The van der Waals surface area contributed by atoms with Gasteiger partial charge in [0.25, 0.3) is 0 Å². The van der Waals surface area contributed by atoms with E-state index in [1.165, 1.54) is 43.2 Å². The highest BCUT2D eigenvalue weighted by Crippen LogP contribution is 2.49. The third-order valence-corrected chi connectivity index (χ3v) is 5.86. The Balaban J connectivity index is 1.69. The Morgan fingerprint density at radius 1 is 1.14 bits per heavy atom. The highest BCUT2D eigenvalue weighted by molar-refractivity contribution is 5.71. The molecule has 1 N–H and O–H groups in total. The second kappa shape index (κ2) is 5.13. The SMILES string of the molecule is O=C(O)C1CC2CCC1N2C1CCCCc2ccccc21. The number of aryl methyl sites for hydroxylation is 1. The van der Waals surface area contributed by atoms with Crippen LogP contribution in [-0.2, 0) is 11.2 Å². The lowest BCUT2D eigenvalue weighted by molar-refractivity contribution is -0.142. The molecule has 3 nitrogen and oxygen atoms in total. The van der Waals surface area contributed by atoms with Gasteiger partial charge in [0, 0.05) is 18.1 Å². The number of carbonyl (C=O) groups is 1. The van der Waals surface area contributed by atoms with Crippen LogP contribution in [0.25, 0.3) is 0 Å². The van der Waals surface area contributed by atoms with Gasteiger partial charge in [-0.15, -0.1) is 0 Å². The topological polar surface area (TPSA) is 40.5 Å². The van der Waals surface area contributed by atoms with Crippen molar-refractivity contribution in [3.63, 3.8) is 0 Å². The molecule has 4 atom stereocenters. The number of rotatable bonds is 2. The quantitative estimate of drug-likeness (QED) is 0.847. The molecular weight excluding hydrogens is 262 g/mol. The van der Waals surface area contributed by atoms with Crippen LogP contribution >= 0.6 is 0 Å². The summed E-state index contributed by atoms with van der Waals surface area (Å²) in [5, 5.41) is 9.48. The van der Waals surface area contributed by atoms with Crippen molar-refractivity contribution in [2.75, 3.05) is 0 Å². The van der Waals surface area contributed by atoms with E-state index in [1.807, 2.05) is 0 Å². The monoisotopic (exact) mass is 285 g/mol. The number of aliphatic carboxylic acids is 1. The minimum Gasteiger partial charge on any atom is -0.481 e. The van der Waals surface area contributed by atoms with Gasteiger partial charge in [0.15, 0.2) is 0 Å². The number of hydrogen-bond donors (Lipinski definition) is 1. The second-order valence-electron chi connectivity index (χ2n) is 6.89. The zero-order valence-electron chi connectivity index (χ0n) is 12.4. The largest absolute Gasteiger partial charge is 0.481 e. The predicted octanol–water partition coefficient (Wildman–Crippen LogP) is 3.39. The van der Waals surface area contributed by atoms with Crippen molar-refractivity contribution in [2.45, 2.75) is 63.1 Å². The van der Waals surface area contributed by atoms with Gasteiger partial charge in [-0.3, -0.25) is 9.69 Å². The van der Waals surface area contributed by atoms with Gasteiger partial charge in [0.05, 0.1) is 5.92 Å². The molecule has 4 rings (SSSR count). The summed E-state index contributed by atoms with van der Waals surface area (Å²) in [4.78, 5) is 14.1. The van der Waals surface area contributed by atoms with Gasteiger partial charge in [-0.2, -0.15) is 0 Å². The first-order chi connectivity index (χ1) is 10.3. The zero-order valence-corrected chi connectivity index (χ0v) is 12.4. The van der Waals surface area contributed by atoms with Crippen molar-refractivity contribution >= 4 is 5.97 Å². The summed E-state index contributed by atoms with van der Waals surface area (Å²) >= 11 is 0. The fourth-order valence-electron chi connectivity index (χ4n) is 4.99. The molecule has 0 spiro atoms. The van der Waals surface area contributed by atoms with Crippen LogP contribution in [0.15, 0.2) is 24.3 Å². The van der Waals surface area contributed by atoms with E-state index in [2.05, 4.69) is 29.2 Å². The van der Waals surface area contributed by atoms with Crippen LogP contribution in [-0.4, -0.2) is 28.1 Å². The zero-order chi connectivity index (χ0) is 14.4. The summed E-state index contributed by atoms with van der Waals surface area (Å²) in [6.07, 6.45) is 8.01. The molecule has 3 heteroatoms. The molecule has 0 amide bonds. The van der Waals surface area contributed by atoms with Crippen molar-refractivity contribution in [1.82, 2.24) is 4.90 Å². The molecule has 2 saturated heterocycles. The Kier molecular flexibility index (Phi) is 3.26. The van der Waals surface area contributed by atoms with E-state index in [0.29, 0.717) is 12.1 Å². The van der Waals surface area contributed by atoms with Crippen molar-refractivity contribution in [2.24, 2.45) is 5.92 Å². The Morgan fingerprint density at radius 2 is 2.00 bits per heavy atom. The Morgan fingerprint density at radius 3 is 2.81 bits per heavy atom. The van der Waals surface area contributed by atoms with E-state index in [1.54, 1.807) is 0 Å². The highest BCUT2D eigenvalue weighted by atomic mass is 16.4. The Bertz CT molecular complexity index is 556. The normalized spacial score (nSPS) is 35.4. The first-order valence-electron chi connectivity index (χ1n) is 8.34. The van der Waals surface area contributed by atoms with Crippen molar-refractivity contribution in [3.05, 3.63) is 35.4 Å². The smallest absolute Gasteiger partial charge is 0.308 e. The summed E-state index contributed by atoms with van der Waals surface area (Å²) in [6.45, 7) is 0. The lowest BCUT2D eigenvalue weighted by Gasteiger charge is -2.33. The summed E-state index contributed by atoms with van der Waals surface area (Å²) in [5.41, 5.74) is 2.95. The second-order valence-corrected chi connectivity index (χ2v) is 6.89. The van der Waals surface area contributed by atoms with Gasteiger partial charge in [0.1, 0.15) is 0 Å². The van der Waals surface area contributed by atoms with E-state index in [-0.39, 0.29) is 12.0 Å². The Labute approximate surface area is 126 Å². The van der Waals surface area contributed by atoms with Crippen LogP contribution in [0.3, 0.4) is 0 Å². The fourth-order valence-corrected chi connectivity index (χ4v) is 4.99. The molecule has 2 bridgehead atoms.